The predicted molar refractivity (Wildman–Crippen MR) is 39.8 cm³/mol. The first kappa shape index (κ1) is 21.2. The predicted octanol–water partition coefficient (Wildman–Crippen LogP) is -0.556. The van der Waals surface area contributed by atoms with E-state index in [4.69, 9.17) is 0 Å². The van der Waals surface area contributed by atoms with Crippen LogP contribution in [0.1, 0.15) is 13.3 Å². The van der Waals surface area contributed by atoms with Crippen molar-refractivity contribution in [2.75, 3.05) is 0 Å². The Kier molecular flexibility index (Phi) is 6.02. The number of rotatable bonds is 5. The van der Waals surface area contributed by atoms with Crippen molar-refractivity contribution in [3.8, 4) is 0 Å². The zero-order valence-corrected chi connectivity index (χ0v) is 10.2. The third kappa shape index (κ3) is 3.01. The Hall–Kier alpha value is -0.0526. The molecule has 0 saturated carbocycles. The maximum absolute atomic E-state index is 12.6. The van der Waals surface area contributed by atoms with Gasteiger partial charge in [-0.15, -0.1) is 0 Å². The first-order valence-corrected chi connectivity index (χ1v) is 5.43. The standard InChI is InChI=1S/C6H6F8O3S.Li/c1-2-3(7,8)4(9,10)5(11,12)6(13,14)18(15,16)17;/h2H2,1H3,(H,15,16,17);/q;+1/p-1. The Morgan fingerprint density at radius 2 is 1.21 bits per heavy atom. The Bertz CT molecular complexity index is 420. The summed E-state index contributed by atoms with van der Waals surface area (Å²) in [6.45, 7) is 0.286. The molecule has 0 unspecified atom stereocenters. The normalized spacial score (nSPS) is 15.1. The van der Waals surface area contributed by atoms with Gasteiger partial charge in [0, 0.05) is 6.42 Å². The van der Waals surface area contributed by atoms with E-state index < -0.39 is 39.6 Å². The molecule has 0 N–H and O–H groups in total. The molecular formula is C6H5F8LiO3S. The average Bonchev–Trinajstić information content (AvgIpc) is 2.15. The summed E-state index contributed by atoms with van der Waals surface area (Å²) < 4.78 is 130. The minimum atomic E-state index is -7.26. The Morgan fingerprint density at radius 3 is 1.42 bits per heavy atom. The third-order valence-electron chi connectivity index (χ3n) is 1.98. The number of alkyl halides is 8. The Morgan fingerprint density at radius 1 is 0.895 bits per heavy atom. The van der Waals surface area contributed by atoms with Gasteiger partial charge in [0.15, 0.2) is 10.1 Å². The van der Waals surface area contributed by atoms with Crippen molar-refractivity contribution in [1.29, 1.82) is 0 Å². The SMILES string of the molecule is CCC(F)(F)C(F)(F)C(F)(F)C(F)(F)S(=O)(=O)[O-].[Li+]. The van der Waals surface area contributed by atoms with E-state index in [2.05, 4.69) is 0 Å². The van der Waals surface area contributed by atoms with Gasteiger partial charge in [-0.1, -0.05) is 6.92 Å². The molecule has 0 amide bonds. The summed E-state index contributed by atoms with van der Waals surface area (Å²) in [6, 6.07) is 0. The first-order chi connectivity index (χ1) is 7.56. The first-order valence-electron chi connectivity index (χ1n) is 4.03. The van der Waals surface area contributed by atoms with Crippen LogP contribution in [0.5, 0.6) is 0 Å². The van der Waals surface area contributed by atoms with Crippen LogP contribution in [0.4, 0.5) is 35.1 Å². The molecule has 19 heavy (non-hydrogen) atoms. The molecule has 0 aliphatic carbocycles. The summed E-state index contributed by atoms with van der Waals surface area (Å²) in [4.78, 5) is 0. The summed E-state index contributed by atoms with van der Waals surface area (Å²) >= 11 is 0. The van der Waals surface area contributed by atoms with Crippen LogP contribution in [0, 0.1) is 0 Å². The van der Waals surface area contributed by atoms with Crippen molar-refractivity contribution in [2.24, 2.45) is 0 Å². The maximum Gasteiger partial charge on any atom is 1.00 e. The molecule has 0 aliphatic heterocycles. The molecule has 0 radical (unpaired) electrons. The van der Waals surface area contributed by atoms with Crippen molar-refractivity contribution in [3.63, 3.8) is 0 Å². The molecule has 0 spiro atoms. The molecule has 0 saturated heterocycles. The van der Waals surface area contributed by atoms with Crippen molar-refractivity contribution < 1.29 is 67.0 Å². The third-order valence-corrected chi connectivity index (χ3v) is 2.86. The molecule has 0 aromatic carbocycles. The minimum Gasteiger partial charge on any atom is -0.743 e. The van der Waals surface area contributed by atoms with Crippen LogP contribution >= 0.6 is 0 Å². The second-order valence-electron chi connectivity index (χ2n) is 3.18. The maximum atomic E-state index is 12.6. The summed E-state index contributed by atoms with van der Waals surface area (Å²) in [5.74, 6) is -19.4. The van der Waals surface area contributed by atoms with Crippen molar-refractivity contribution in [3.05, 3.63) is 0 Å². The van der Waals surface area contributed by atoms with Gasteiger partial charge < -0.3 is 4.55 Å². The molecule has 110 valence electrons. The second kappa shape index (κ2) is 5.38. The minimum absolute atomic E-state index is 0. The van der Waals surface area contributed by atoms with Gasteiger partial charge in [0.2, 0.25) is 0 Å². The molecule has 0 fully saturated rings. The molecule has 3 nitrogen and oxygen atoms in total. The van der Waals surface area contributed by atoms with Gasteiger partial charge in [-0.2, -0.15) is 35.1 Å². The molecular weight excluding hydrogens is 311 g/mol. The van der Waals surface area contributed by atoms with Gasteiger partial charge >= 0.3 is 41.9 Å². The van der Waals surface area contributed by atoms with Crippen molar-refractivity contribution >= 4 is 10.1 Å². The average molecular weight is 316 g/mol. The number of halogens is 8. The summed E-state index contributed by atoms with van der Waals surface area (Å²) in [7, 11) is -7.26. The largest absolute Gasteiger partial charge is 1.00 e. The van der Waals surface area contributed by atoms with E-state index >= 15 is 0 Å². The van der Waals surface area contributed by atoms with Crippen LogP contribution in [0.2, 0.25) is 0 Å². The number of hydrogen-bond donors (Lipinski definition) is 0. The van der Waals surface area contributed by atoms with Crippen LogP contribution < -0.4 is 18.9 Å². The smallest absolute Gasteiger partial charge is 0.743 e. The van der Waals surface area contributed by atoms with Gasteiger partial charge in [0.25, 0.3) is 0 Å². The van der Waals surface area contributed by atoms with E-state index in [1.807, 2.05) is 0 Å². The van der Waals surface area contributed by atoms with E-state index in [1.165, 1.54) is 0 Å². The fourth-order valence-electron chi connectivity index (χ4n) is 0.791. The van der Waals surface area contributed by atoms with Gasteiger partial charge in [-0.3, -0.25) is 0 Å². The zero-order chi connectivity index (χ0) is 15.2. The van der Waals surface area contributed by atoms with Crippen LogP contribution in [0.3, 0.4) is 0 Å². The molecule has 0 bridgehead atoms. The molecule has 13 heteroatoms. The summed E-state index contributed by atoms with van der Waals surface area (Å²) in [6.07, 6.45) is -1.97. The zero-order valence-electron chi connectivity index (χ0n) is 9.36. The quantitative estimate of drug-likeness (QED) is 0.388. The van der Waals surface area contributed by atoms with Crippen molar-refractivity contribution in [1.82, 2.24) is 0 Å². The summed E-state index contributed by atoms with van der Waals surface area (Å²) in [5, 5.41) is -6.87. The monoisotopic (exact) mass is 316 g/mol. The molecule has 0 aliphatic rings. The van der Waals surface area contributed by atoms with E-state index in [0.29, 0.717) is 0 Å². The van der Waals surface area contributed by atoms with E-state index in [0.717, 1.165) is 0 Å². The van der Waals surface area contributed by atoms with Gasteiger partial charge in [-0.25, -0.2) is 8.42 Å². The molecule has 0 heterocycles. The molecule has 0 atom stereocenters. The van der Waals surface area contributed by atoms with Gasteiger partial charge in [0.05, 0.1) is 0 Å². The van der Waals surface area contributed by atoms with E-state index in [1.54, 1.807) is 0 Å². The Balaban J connectivity index is 0. The summed E-state index contributed by atoms with van der Waals surface area (Å²) in [5.41, 5.74) is 0. The molecule has 0 aromatic heterocycles. The topological polar surface area (TPSA) is 57.2 Å². The van der Waals surface area contributed by atoms with Gasteiger partial charge in [0.1, 0.15) is 0 Å². The van der Waals surface area contributed by atoms with Crippen LogP contribution in [0.15, 0.2) is 0 Å². The molecule has 0 aromatic rings. The van der Waals surface area contributed by atoms with Crippen LogP contribution in [-0.4, -0.2) is 36.0 Å². The van der Waals surface area contributed by atoms with Crippen LogP contribution in [0.25, 0.3) is 0 Å². The van der Waals surface area contributed by atoms with E-state index in [-0.39, 0.29) is 25.8 Å². The second-order valence-corrected chi connectivity index (χ2v) is 4.60. The Labute approximate surface area is 114 Å². The van der Waals surface area contributed by atoms with Crippen molar-refractivity contribution in [2.45, 2.75) is 36.4 Å². The van der Waals surface area contributed by atoms with Gasteiger partial charge in [-0.05, 0) is 0 Å². The molecule has 0 rings (SSSR count). The fraction of sp³-hybridized carbons (Fsp3) is 1.00. The number of hydrogen-bond acceptors (Lipinski definition) is 3. The van der Waals surface area contributed by atoms with Crippen LogP contribution in [-0.2, 0) is 10.1 Å². The fourth-order valence-corrected chi connectivity index (χ4v) is 1.23. The van der Waals surface area contributed by atoms with E-state index in [9.17, 15) is 48.1 Å².